The van der Waals surface area contributed by atoms with Gasteiger partial charge in [-0.2, -0.15) is 0 Å². The number of Topliss-reactive ketones (excluding diaryl/α,β-unsaturated/α-hetero) is 1. The molecule has 1 aliphatic rings. The van der Waals surface area contributed by atoms with Crippen molar-refractivity contribution in [2.75, 3.05) is 34.4 Å². The second-order valence-electron chi connectivity index (χ2n) is 21.2. The molecule has 2 heterocycles. The maximum Gasteiger partial charge on any atom is 0.243 e. The molecule has 1 aliphatic heterocycles. The van der Waals surface area contributed by atoms with Gasteiger partial charge in [0.15, 0.2) is 5.78 Å². The zero-order valence-electron chi connectivity index (χ0n) is 50.1. The first-order chi connectivity index (χ1) is 35.8. The van der Waals surface area contributed by atoms with Gasteiger partial charge in [0.1, 0.15) is 6.04 Å². The molecule has 0 spiro atoms. The minimum Gasteiger partial charge on any atom is -0.381 e. The van der Waals surface area contributed by atoms with Crippen LogP contribution in [0.5, 0.6) is 0 Å². The normalized spacial score (nSPS) is 16.9. The molecule has 4 amide bonds. The number of benzene rings is 2. The van der Waals surface area contributed by atoms with E-state index in [2.05, 4.69) is 74.3 Å². The third-order valence-electron chi connectivity index (χ3n) is 15.2. The minimum absolute atomic E-state index is 0.0222. The van der Waals surface area contributed by atoms with Gasteiger partial charge in [0, 0.05) is 50.8 Å². The molecule has 13 nitrogen and oxygen atoms in total. The maximum absolute atomic E-state index is 13.9. The van der Waals surface area contributed by atoms with Crippen molar-refractivity contribution in [3.63, 3.8) is 0 Å². The average Bonchev–Trinajstić information content (AvgIpc) is 4.07. The lowest BCUT2D eigenvalue weighted by Gasteiger charge is -2.35. The van der Waals surface area contributed by atoms with E-state index in [-0.39, 0.29) is 65.4 Å². The molecule has 75 heavy (non-hydrogen) atoms. The summed E-state index contributed by atoms with van der Waals surface area (Å²) in [5, 5.41) is 10.0. The van der Waals surface area contributed by atoms with E-state index in [0.717, 1.165) is 60.2 Å². The van der Waals surface area contributed by atoms with E-state index in [1.165, 1.54) is 25.7 Å². The van der Waals surface area contributed by atoms with Gasteiger partial charge in [-0.25, -0.2) is 0 Å². The van der Waals surface area contributed by atoms with Gasteiger partial charge in [-0.1, -0.05) is 178 Å². The number of likely N-dealkylation sites (N-methyl/N-ethyl adjacent to an activating group) is 1. The zero-order valence-corrected chi connectivity index (χ0v) is 50.1. The molecule has 2 aromatic carbocycles. The molecular formula is C62H106N6O7. The smallest absolute Gasteiger partial charge is 0.243 e. The van der Waals surface area contributed by atoms with Gasteiger partial charge in [0.25, 0.3) is 0 Å². The van der Waals surface area contributed by atoms with E-state index < -0.39 is 24.1 Å². The van der Waals surface area contributed by atoms with Crippen molar-refractivity contribution in [3.05, 3.63) is 71.9 Å². The van der Waals surface area contributed by atoms with Crippen LogP contribution in [0.2, 0.25) is 0 Å². The first kappa shape index (κ1) is 68.4. The highest BCUT2D eigenvalue weighted by atomic mass is 16.5. The molecule has 13 heteroatoms. The van der Waals surface area contributed by atoms with Crippen LogP contribution in [0.15, 0.2) is 60.8 Å². The van der Waals surface area contributed by atoms with Crippen LogP contribution in [0.4, 0.5) is 0 Å². The van der Waals surface area contributed by atoms with Gasteiger partial charge in [-0.3, -0.25) is 28.9 Å². The van der Waals surface area contributed by atoms with E-state index in [4.69, 9.17) is 9.47 Å². The molecule has 1 fully saturated rings. The number of rotatable bonds is 29. The van der Waals surface area contributed by atoms with Crippen molar-refractivity contribution in [1.82, 2.24) is 30.7 Å². The number of nitrogens with one attached hydrogen (secondary N) is 4. The van der Waals surface area contributed by atoms with Gasteiger partial charge >= 0.3 is 0 Å². The molecule has 426 valence electrons. The predicted octanol–water partition coefficient (Wildman–Crippen LogP) is 11.6. The minimum atomic E-state index is -0.804. The summed E-state index contributed by atoms with van der Waals surface area (Å²) in [4.78, 5) is 72.9. The summed E-state index contributed by atoms with van der Waals surface area (Å²) < 4.78 is 11.7. The Labute approximate surface area is 455 Å². The standard InChI is InChI=1S/C37H52N4O5.C21H42N2O2.2C2H6/c1-7-24(2)25(3)33(45-5)21-34(42)41-19-13-18-32(41)35(46-6)26(4)36(43)40-31(37(44)39-22-27-14-9-8-10-15-27)20-28-23-38-30-17-12-11-16-29(28)30;1-9-17(6)13-11-10-12-14-23(8)20(16(4)5)21(25)22-19(15(2)3)18(7)24;2*1-2/h8-12,14-17,23-26,31-33,35,38H,7,13,18-22H2,1-6H3,(H,39,44)(H,40,43);15-17,19-20H,9-14H2,1-8H3,(H,22,25);2*1-2H3/t24?,25?,26?,31-,32?,33?,35?;17?,19-,20?;;/m00../s1. The van der Waals surface area contributed by atoms with Crippen LogP contribution in [0, 0.1) is 35.5 Å². The van der Waals surface area contributed by atoms with Crippen molar-refractivity contribution in [2.24, 2.45) is 35.5 Å². The van der Waals surface area contributed by atoms with Crippen LogP contribution in [-0.2, 0) is 46.4 Å². The van der Waals surface area contributed by atoms with Crippen molar-refractivity contribution >= 4 is 40.3 Å². The van der Waals surface area contributed by atoms with Crippen molar-refractivity contribution in [3.8, 4) is 0 Å². The number of fused-ring (bicyclic) bond motifs is 1. The number of aromatic amines is 1. The monoisotopic (exact) mass is 1050 g/mol. The van der Waals surface area contributed by atoms with Crippen LogP contribution in [0.3, 0.4) is 0 Å². The van der Waals surface area contributed by atoms with Gasteiger partial charge in [-0.15, -0.1) is 0 Å². The third-order valence-corrected chi connectivity index (χ3v) is 15.2. The molecule has 0 aliphatic carbocycles. The van der Waals surface area contributed by atoms with Gasteiger partial charge in [-0.05, 0) is 86.6 Å². The largest absolute Gasteiger partial charge is 0.381 e. The van der Waals surface area contributed by atoms with E-state index in [1.807, 2.05) is 121 Å². The fourth-order valence-electron chi connectivity index (χ4n) is 10.1. The van der Waals surface area contributed by atoms with E-state index in [1.54, 1.807) is 21.1 Å². The molecule has 0 bridgehead atoms. The molecule has 3 aromatic rings. The first-order valence-corrected chi connectivity index (χ1v) is 28.8. The fourth-order valence-corrected chi connectivity index (χ4v) is 10.1. The summed E-state index contributed by atoms with van der Waals surface area (Å²) in [6.45, 7) is 32.4. The Morgan fingerprint density at radius 2 is 1.41 bits per heavy atom. The van der Waals surface area contributed by atoms with E-state index >= 15 is 0 Å². The molecule has 1 saturated heterocycles. The van der Waals surface area contributed by atoms with Crippen LogP contribution >= 0.6 is 0 Å². The van der Waals surface area contributed by atoms with Crippen molar-refractivity contribution < 1.29 is 33.4 Å². The van der Waals surface area contributed by atoms with Gasteiger partial charge in [0.05, 0.1) is 42.7 Å². The molecular weight excluding hydrogens is 941 g/mol. The topological polar surface area (TPSA) is 162 Å². The Balaban J connectivity index is 0.000000824. The summed E-state index contributed by atoms with van der Waals surface area (Å²) in [6, 6.07) is 16.0. The number of hydrogen-bond donors (Lipinski definition) is 4. The van der Waals surface area contributed by atoms with Crippen molar-refractivity contribution in [2.45, 2.75) is 211 Å². The Hall–Kier alpha value is -4.59. The maximum atomic E-state index is 13.9. The highest BCUT2D eigenvalue weighted by molar-refractivity contribution is 5.91. The van der Waals surface area contributed by atoms with Crippen LogP contribution in [0.25, 0.3) is 10.9 Å². The number of unbranched alkanes of at least 4 members (excludes halogenated alkanes) is 2. The molecule has 4 rings (SSSR count). The molecule has 0 radical (unpaired) electrons. The number of para-hydroxylation sites is 1. The molecule has 8 unspecified atom stereocenters. The number of carbonyl (C=O) groups is 5. The number of methoxy groups -OCH3 is 2. The fraction of sp³-hybridized carbons (Fsp3) is 0.694. The second kappa shape index (κ2) is 37.2. The Morgan fingerprint density at radius 1 is 0.773 bits per heavy atom. The highest BCUT2D eigenvalue weighted by Gasteiger charge is 2.41. The SMILES string of the molecule is CC.CC.CCC(C)C(C)C(CC(=O)N1CCCC1C(OC)C(C)C(=O)N[C@@H](Cc1c[nH]c2ccccc12)C(=O)NCc1ccccc1)OC.CCC(C)CCCCCN(C)C(C(=O)N[C@H](C(C)=O)C(C)C)C(C)C. The number of hydrogen-bond acceptors (Lipinski definition) is 8. The van der Waals surface area contributed by atoms with Crippen LogP contribution in [-0.4, -0.2) is 115 Å². The Bertz CT molecular complexity index is 2060. The van der Waals surface area contributed by atoms with Crippen LogP contribution in [0.1, 0.15) is 173 Å². The molecule has 10 atom stereocenters. The Morgan fingerprint density at radius 3 is 1.99 bits per heavy atom. The quantitative estimate of drug-likeness (QED) is 0.0500. The summed E-state index contributed by atoms with van der Waals surface area (Å²) in [7, 11) is 5.29. The number of amides is 4. The number of ketones is 1. The number of H-pyrrole nitrogens is 1. The predicted molar refractivity (Wildman–Crippen MR) is 310 cm³/mol. The molecule has 0 saturated carbocycles. The van der Waals surface area contributed by atoms with Crippen LogP contribution < -0.4 is 16.0 Å². The Kier molecular flexibility index (Phi) is 34.0. The summed E-state index contributed by atoms with van der Waals surface area (Å²) in [5.41, 5.74) is 2.89. The number of carbonyl (C=O) groups excluding carboxylic acids is 5. The lowest BCUT2D eigenvalue weighted by molar-refractivity contribution is -0.143. The molecule has 1 aromatic heterocycles. The summed E-state index contributed by atoms with van der Waals surface area (Å²) in [5.74, 6) is 0.689. The summed E-state index contributed by atoms with van der Waals surface area (Å²) >= 11 is 0. The number of ether oxygens (including phenoxy) is 2. The first-order valence-electron chi connectivity index (χ1n) is 28.8. The van der Waals surface area contributed by atoms with Crippen molar-refractivity contribution in [1.29, 1.82) is 0 Å². The van der Waals surface area contributed by atoms with Gasteiger partial charge in [0.2, 0.25) is 23.6 Å². The lowest BCUT2D eigenvalue weighted by atomic mass is 9.87. The number of aromatic nitrogens is 1. The zero-order chi connectivity index (χ0) is 56.8. The number of likely N-dealkylation sites (tertiary alicyclic amines) is 1. The molecule has 4 N–H and O–H groups in total. The number of nitrogens with zero attached hydrogens (tertiary/aromatic N) is 2. The van der Waals surface area contributed by atoms with E-state index in [9.17, 15) is 24.0 Å². The van der Waals surface area contributed by atoms with E-state index in [0.29, 0.717) is 31.8 Å². The summed E-state index contributed by atoms with van der Waals surface area (Å²) in [6.07, 6.45) is 10.6. The lowest BCUT2D eigenvalue weighted by Crippen LogP contribution is -2.54. The highest BCUT2D eigenvalue weighted by Crippen LogP contribution is 2.30. The third kappa shape index (κ3) is 22.5. The average molecular weight is 1050 g/mol. The second-order valence-corrected chi connectivity index (χ2v) is 21.2. The van der Waals surface area contributed by atoms with Gasteiger partial charge < -0.3 is 35.3 Å².